The van der Waals surface area contributed by atoms with Crippen LogP contribution in [0.3, 0.4) is 0 Å². The van der Waals surface area contributed by atoms with Gasteiger partial charge in [0.05, 0.1) is 5.54 Å². The lowest BCUT2D eigenvalue weighted by atomic mass is 9.68. The van der Waals surface area contributed by atoms with Crippen LogP contribution in [-0.4, -0.2) is 42.1 Å². The molecule has 2 heterocycles. The van der Waals surface area contributed by atoms with Crippen molar-refractivity contribution in [2.75, 3.05) is 19.7 Å². The summed E-state index contributed by atoms with van der Waals surface area (Å²) in [5.74, 6) is 2.77. The van der Waals surface area contributed by atoms with Crippen LogP contribution in [0.5, 0.6) is 0 Å². The molecule has 4 aliphatic rings. The van der Waals surface area contributed by atoms with Crippen molar-refractivity contribution in [3.63, 3.8) is 0 Å². The Hall–Kier alpha value is -2.04. The van der Waals surface area contributed by atoms with Gasteiger partial charge in [-0.15, -0.1) is 0 Å². The Morgan fingerprint density at radius 2 is 2.00 bits per heavy atom. The topological polar surface area (TPSA) is 58.6 Å². The quantitative estimate of drug-likeness (QED) is 0.908. The Labute approximate surface area is 154 Å². The van der Waals surface area contributed by atoms with Gasteiger partial charge in [0.15, 0.2) is 0 Å². The van der Waals surface area contributed by atoms with E-state index in [0.717, 1.165) is 25.9 Å². The van der Waals surface area contributed by atoms with Crippen LogP contribution in [0.25, 0.3) is 0 Å². The van der Waals surface area contributed by atoms with E-state index in [1.54, 1.807) is 0 Å². The highest BCUT2D eigenvalue weighted by molar-refractivity contribution is 5.82. The number of hydrogen-bond acceptors (Lipinski definition) is 3. The lowest BCUT2D eigenvalue weighted by Crippen LogP contribution is -2.58. The Bertz CT molecular complexity index is 756. The molecule has 0 unspecified atom stereocenters. The lowest BCUT2D eigenvalue weighted by molar-refractivity contribution is -0.140. The molecule has 1 aromatic rings. The largest absolute Gasteiger partial charge is 0.447 e. The SMILES string of the molecule is CC(C)c1cccc([C@H]2[C@@H]3CN(C(=O)C4CC5(COC(=O)N5)C4)C[C@@H]32)c1. The highest BCUT2D eigenvalue weighted by atomic mass is 16.6. The van der Waals surface area contributed by atoms with Gasteiger partial charge in [0.1, 0.15) is 6.61 Å². The smallest absolute Gasteiger partial charge is 0.407 e. The number of carbonyl (C=O) groups excluding carboxylic acids is 2. The predicted molar refractivity (Wildman–Crippen MR) is 96.8 cm³/mol. The molecule has 138 valence electrons. The van der Waals surface area contributed by atoms with Crippen molar-refractivity contribution in [1.82, 2.24) is 10.2 Å². The fraction of sp³-hybridized carbons (Fsp3) is 0.619. The number of ether oxygens (including phenoxy) is 1. The summed E-state index contributed by atoms with van der Waals surface area (Å²) >= 11 is 0. The molecule has 5 nitrogen and oxygen atoms in total. The molecular weight excluding hydrogens is 328 g/mol. The van der Waals surface area contributed by atoms with Crippen LogP contribution in [-0.2, 0) is 9.53 Å². The molecule has 2 aliphatic carbocycles. The number of likely N-dealkylation sites (tertiary alicyclic amines) is 1. The molecule has 0 radical (unpaired) electrons. The number of amides is 2. The summed E-state index contributed by atoms with van der Waals surface area (Å²) in [5.41, 5.74) is 2.59. The Kier molecular flexibility index (Phi) is 3.40. The van der Waals surface area contributed by atoms with Gasteiger partial charge >= 0.3 is 6.09 Å². The molecule has 26 heavy (non-hydrogen) atoms. The molecule has 2 amide bonds. The van der Waals surface area contributed by atoms with Crippen LogP contribution < -0.4 is 5.32 Å². The lowest BCUT2D eigenvalue weighted by Gasteiger charge is -2.43. The minimum Gasteiger partial charge on any atom is -0.447 e. The number of benzene rings is 1. The average molecular weight is 354 g/mol. The summed E-state index contributed by atoms with van der Waals surface area (Å²) in [7, 11) is 0. The van der Waals surface area contributed by atoms with Gasteiger partial charge in [-0.2, -0.15) is 0 Å². The van der Waals surface area contributed by atoms with E-state index >= 15 is 0 Å². The third-order valence-corrected chi connectivity index (χ3v) is 6.94. The number of carbonyl (C=O) groups is 2. The zero-order valence-electron chi connectivity index (χ0n) is 15.4. The van der Waals surface area contributed by atoms with Gasteiger partial charge in [0.2, 0.25) is 5.91 Å². The van der Waals surface area contributed by atoms with Gasteiger partial charge in [0.25, 0.3) is 0 Å². The number of piperidine rings is 1. The first kappa shape index (κ1) is 16.2. The minimum absolute atomic E-state index is 0.0530. The van der Waals surface area contributed by atoms with Crippen molar-refractivity contribution >= 4 is 12.0 Å². The molecule has 1 N–H and O–H groups in total. The fourth-order valence-corrected chi connectivity index (χ4v) is 5.35. The van der Waals surface area contributed by atoms with E-state index in [9.17, 15) is 9.59 Å². The summed E-state index contributed by atoms with van der Waals surface area (Å²) in [6.07, 6.45) is 1.11. The zero-order chi connectivity index (χ0) is 18.1. The van der Waals surface area contributed by atoms with E-state index < -0.39 is 0 Å². The molecule has 0 bridgehead atoms. The van der Waals surface area contributed by atoms with Crippen LogP contribution in [0.2, 0.25) is 0 Å². The first-order chi connectivity index (χ1) is 12.5. The summed E-state index contributed by atoms with van der Waals surface area (Å²) in [4.78, 5) is 26.1. The third-order valence-electron chi connectivity index (χ3n) is 6.94. The van der Waals surface area contributed by atoms with E-state index in [2.05, 4.69) is 48.3 Å². The van der Waals surface area contributed by atoms with Crippen molar-refractivity contribution in [3.05, 3.63) is 35.4 Å². The van der Waals surface area contributed by atoms with Crippen LogP contribution in [0.15, 0.2) is 24.3 Å². The van der Waals surface area contributed by atoms with Crippen LogP contribution >= 0.6 is 0 Å². The van der Waals surface area contributed by atoms with Gasteiger partial charge in [0, 0.05) is 19.0 Å². The van der Waals surface area contributed by atoms with E-state index in [-0.39, 0.29) is 23.5 Å². The molecule has 2 saturated heterocycles. The number of alkyl carbamates (subject to hydrolysis) is 1. The molecular formula is C21H26N2O3. The van der Waals surface area contributed by atoms with Crippen LogP contribution in [0, 0.1) is 17.8 Å². The normalized spacial score (nSPS) is 37.3. The molecule has 2 saturated carbocycles. The third kappa shape index (κ3) is 2.43. The maximum absolute atomic E-state index is 12.8. The van der Waals surface area contributed by atoms with E-state index in [1.807, 2.05) is 0 Å². The number of rotatable bonds is 3. The van der Waals surface area contributed by atoms with Crippen LogP contribution in [0.4, 0.5) is 4.79 Å². The number of cyclic esters (lactones) is 1. The summed E-state index contributed by atoms with van der Waals surface area (Å²) in [6.45, 7) is 6.67. The fourth-order valence-electron chi connectivity index (χ4n) is 5.35. The second-order valence-corrected chi connectivity index (χ2v) is 9.01. The van der Waals surface area contributed by atoms with E-state index in [4.69, 9.17) is 4.74 Å². The molecule has 1 spiro atoms. The van der Waals surface area contributed by atoms with Crippen molar-refractivity contribution < 1.29 is 14.3 Å². The maximum atomic E-state index is 12.8. The standard InChI is InChI=1S/C21H26N2O3/c1-12(2)13-4-3-5-14(6-13)18-16-9-23(10-17(16)18)19(24)15-7-21(8-15)11-26-20(25)22-21/h3-6,12,15-18H,7-11H2,1-2H3,(H,22,25)/t15?,16-,17+,18+,21?. The van der Waals surface area contributed by atoms with Crippen molar-refractivity contribution in [1.29, 1.82) is 0 Å². The van der Waals surface area contributed by atoms with Gasteiger partial charge in [-0.1, -0.05) is 38.1 Å². The molecule has 0 aromatic heterocycles. The highest BCUT2D eigenvalue weighted by Gasteiger charge is 2.59. The summed E-state index contributed by atoms with van der Waals surface area (Å²) in [6, 6.07) is 8.99. The second-order valence-electron chi connectivity index (χ2n) is 9.01. The van der Waals surface area contributed by atoms with Crippen molar-refractivity contribution in [2.45, 2.75) is 44.1 Å². The van der Waals surface area contributed by atoms with Gasteiger partial charge in [-0.05, 0) is 47.6 Å². The van der Waals surface area contributed by atoms with Crippen LogP contribution in [0.1, 0.15) is 49.7 Å². The molecule has 2 aliphatic heterocycles. The predicted octanol–water partition coefficient (Wildman–Crippen LogP) is 2.87. The second kappa shape index (κ2) is 5.48. The molecule has 5 heteroatoms. The Morgan fingerprint density at radius 1 is 1.27 bits per heavy atom. The van der Waals surface area contributed by atoms with Gasteiger partial charge in [-0.25, -0.2) is 4.79 Å². The number of nitrogens with one attached hydrogen (secondary N) is 1. The van der Waals surface area contributed by atoms with Crippen molar-refractivity contribution in [2.24, 2.45) is 17.8 Å². The monoisotopic (exact) mass is 354 g/mol. The number of fused-ring (bicyclic) bond motifs is 1. The first-order valence-electron chi connectivity index (χ1n) is 9.79. The molecule has 5 rings (SSSR count). The van der Waals surface area contributed by atoms with E-state index in [1.165, 1.54) is 11.1 Å². The first-order valence-corrected chi connectivity index (χ1v) is 9.79. The van der Waals surface area contributed by atoms with E-state index in [0.29, 0.717) is 30.3 Å². The zero-order valence-corrected chi connectivity index (χ0v) is 15.4. The summed E-state index contributed by atoms with van der Waals surface area (Å²) in [5, 5.41) is 2.87. The molecule has 4 fully saturated rings. The Balaban J connectivity index is 1.18. The molecule has 3 atom stereocenters. The van der Waals surface area contributed by atoms with Crippen molar-refractivity contribution in [3.8, 4) is 0 Å². The average Bonchev–Trinajstić information content (AvgIpc) is 2.94. The molecule has 1 aromatic carbocycles. The Morgan fingerprint density at radius 3 is 2.62 bits per heavy atom. The van der Waals surface area contributed by atoms with Gasteiger partial charge < -0.3 is 15.0 Å². The minimum atomic E-state index is -0.343. The highest BCUT2D eigenvalue weighted by Crippen LogP contribution is 2.59. The summed E-state index contributed by atoms with van der Waals surface area (Å²) < 4.78 is 5.00. The van der Waals surface area contributed by atoms with Gasteiger partial charge in [-0.3, -0.25) is 4.79 Å². The number of hydrogen-bond donors (Lipinski definition) is 1. The number of nitrogens with zero attached hydrogens (tertiary/aromatic N) is 1. The maximum Gasteiger partial charge on any atom is 0.407 e.